The molecule has 1 saturated heterocycles. The molecule has 0 aromatic rings. The van der Waals surface area contributed by atoms with Gasteiger partial charge in [0.2, 0.25) is 5.91 Å². The largest absolute Gasteiger partial charge is 0.339 e. The maximum absolute atomic E-state index is 12.2. The van der Waals surface area contributed by atoms with Crippen LogP contribution in [0, 0.1) is 0 Å². The molecule has 1 amide bonds. The summed E-state index contributed by atoms with van der Waals surface area (Å²) >= 11 is 0. The zero-order chi connectivity index (χ0) is 16.6. The molecule has 0 atom stereocenters. The molecule has 0 radical (unpaired) electrons. The number of hydrogen-bond donors (Lipinski definition) is 0. The molecule has 1 aliphatic rings. The number of rotatable bonds is 11. The molecule has 0 spiro atoms. The molecule has 0 saturated carbocycles. The molecule has 0 aromatic carbocycles. The molecule has 2 nitrogen and oxygen atoms in total. The van der Waals surface area contributed by atoms with E-state index in [9.17, 15) is 4.79 Å². The second-order valence-electron chi connectivity index (χ2n) is 7.11. The molecule has 0 aromatic heterocycles. The maximum Gasteiger partial charge on any atom is 0.246 e. The molecule has 1 aliphatic heterocycles. The van der Waals surface area contributed by atoms with E-state index in [0.717, 1.165) is 19.5 Å². The summed E-state index contributed by atoms with van der Waals surface area (Å²) < 4.78 is 0. The van der Waals surface area contributed by atoms with E-state index >= 15 is 0 Å². The van der Waals surface area contributed by atoms with Gasteiger partial charge >= 0.3 is 0 Å². The Hall–Kier alpha value is -0.790. The van der Waals surface area contributed by atoms with Crippen molar-refractivity contribution in [2.75, 3.05) is 13.1 Å². The number of carbonyl (C=O) groups excluding carboxylic acids is 1. The van der Waals surface area contributed by atoms with Gasteiger partial charge in [-0.1, -0.05) is 83.6 Å². The number of hydrogen-bond acceptors (Lipinski definition) is 1. The minimum absolute atomic E-state index is 0.239. The lowest BCUT2D eigenvalue weighted by Crippen LogP contribution is -2.32. The van der Waals surface area contributed by atoms with Crippen molar-refractivity contribution in [3.8, 4) is 0 Å². The fourth-order valence-corrected chi connectivity index (χ4v) is 3.33. The van der Waals surface area contributed by atoms with Gasteiger partial charge in [-0.15, -0.1) is 0 Å². The highest BCUT2D eigenvalue weighted by molar-refractivity contribution is 5.87. The molecular weight excluding hydrogens is 282 g/mol. The van der Waals surface area contributed by atoms with Gasteiger partial charge in [0, 0.05) is 13.1 Å². The summed E-state index contributed by atoms with van der Waals surface area (Å²) in [6, 6.07) is 0. The highest BCUT2D eigenvalue weighted by Gasteiger charge is 2.11. The molecule has 0 N–H and O–H groups in total. The van der Waals surface area contributed by atoms with E-state index < -0.39 is 0 Å². The molecule has 1 heterocycles. The van der Waals surface area contributed by atoms with E-state index in [0.29, 0.717) is 0 Å². The van der Waals surface area contributed by atoms with Crippen LogP contribution in [0.4, 0.5) is 0 Å². The van der Waals surface area contributed by atoms with Gasteiger partial charge in [0.25, 0.3) is 0 Å². The second kappa shape index (κ2) is 14.8. The predicted octanol–water partition coefficient (Wildman–Crippen LogP) is 6.26. The Morgan fingerprint density at radius 1 is 0.783 bits per heavy atom. The van der Waals surface area contributed by atoms with Crippen molar-refractivity contribution in [1.29, 1.82) is 0 Å². The van der Waals surface area contributed by atoms with E-state index in [1.165, 1.54) is 89.9 Å². The van der Waals surface area contributed by atoms with Crippen molar-refractivity contribution in [3.63, 3.8) is 0 Å². The molecule has 1 fully saturated rings. The number of unbranched alkanes of at least 4 members (excludes halogenated alkanes) is 9. The lowest BCUT2D eigenvalue weighted by Gasteiger charge is -2.23. The van der Waals surface area contributed by atoms with E-state index in [4.69, 9.17) is 0 Å². The fraction of sp³-hybridized carbons (Fsp3) is 0.857. The van der Waals surface area contributed by atoms with Crippen LogP contribution in [0.3, 0.4) is 0 Å². The Labute approximate surface area is 144 Å². The predicted molar refractivity (Wildman–Crippen MR) is 101 cm³/mol. The Kier molecular flexibility index (Phi) is 13.0. The Morgan fingerprint density at radius 3 is 1.91 bits per heavy atom. The molecule has 1 rings (SSSR count). The van der Waals surface area contributed by atoms with Crippen LogP contribution >= 0.6 is 0 Å². The molecule has 23 heavy (non-hydrogen) atoms. The summed E-state index contributed by atoms with van der Waals surface area (Å²) in [5.41, 5.74) is 0. The minimum Gasteiger partial charge on any atom is -0.339 e. The Balaban J connectivity index is 1.97. The average Bonchev–Trinajstić information content (AvgIpc) is 2.52. The van der Waals surface area contributed by atoms with Crippen molar-refractivity contribution < 1.29 is 4.79 Å². The topological polar surface area (TPSA) is 20.3 Å². The van der Waals surface area contributed by atoms with E-state index in [1.54, 1.807) is 0 Å². The summed E-state index contributed by atoms with van der Waals surface area (Å²) in [6.07, 6.45) is 23.5. The standard InChI is InChI=1S/C21H39NO/c1-2-3-4-5-6-7-8-9-10-12-15-18-21(23)22-19-16-13-11-14-17-20-22/h15,18H,2-14,16-17,19-20H2,1H3/b18-15+. The molecule has 0 aliphatic carbocycles. The van der Waals surface area contributed by atoms with Crippen molar-refractivity contribution in [2.24, 2.45) is 0 Å². The van der Waals surface area contributed by atoms with E-state index in [1.807, 2.05) is 11.0 Å². The molecule has 0 bridgehead atoms. The average molecular weight is 322 g/mol. The van der Waals surface area contributed by atoms with Gasteiger partial charge in [0.05, 0.1) is 0 Å². The SMILES string of the molecule is CCCCCCCCCCC/C=C/C(=O)N1CCCCCCC1. The first-order chi connectivity index (χ1) is 11.3. The molecule has 2 heteroatoms. The van der Waals surface area contributed by atoms with Gasteiger partial charge in [-0.05, 0) is 31.8 Å². The highest BCUT2D eigenvalue weighted by atomic mass is 16.2. The summed E-state index contributed by atoms with van der Waals surface area (Å²) in [6.45, 7) is 4.19. The summed E-state index contributed by atoms with van der Waals surface area (Å²) in [7, 11) is 0. The minimum atomic E-state index is 0.239. The van der Waals surface area contributed by atoms with Crippen LogP contribution in [0.25, 0.3) is 0 Å². The fourth-order valence-electron chi connectivity index (χ4n) is 3.33. The first-order valence-corrected chi connectivity index (χ1v) is 10.3. The van der Waals surface area contributed by atoms with Crippen molar-refractivity contribution >= 4 is 5.91 Å². The number of amides is 1. The molecular formula is C21H39NO. The monoisotopic (exact) mass is 321 g/mol. The van der Waals surface area contributed by atoms with Crippen LogP contribution in [0.5, 0.6) is 0 Å². The zero-order valence-electron chi connectivity index (χ0n) is 15.5. The van der Waals surface area contributed by atoms with Gasteiger partial charge in [-0.2, -0.15) is 0 Å². The van der Waals surface area contributed by atoms with Crippen molar-refractivity contribution in [2.45, 2.75) is 103 Å². The maximum atomic E-state index is 12.2. The van der Waals surface area contributed by atoms with E-state index in [2.05, 4.69) is 13.0 Å². The second-order valence-corrected chi connectivity index (χ2v) is 7.11. The van der Waals surface area contributed by atoms with Gasteiger partial charge < -0.3 is 4.90 Å². The van der Waals surface area contributed by atoms with Crippen LogP contribution in [0.15, 0.2) is 12.2 Å². The Morgan fingerprint density at radius 2 is 1.30 bits per heavy atom. The Bertz CT molecular complexity index is 303. The summed E-state index contributed by atoms with van der Waals surface area (Å²) in [4.78, 5) is 14.2. The summed E-state index contributed by atoms with van der Waals surface area (Å²) in [5.74, 6) is 0.239. The van der Waals surface area contributed by atoms with Crippen LogP contribution in [0.2, 0.25) is 0 Å². The van der Waals surface area contributed by atoms with Gasteiger partial charge in [0.15, 0.2) is 0 Å². The van der Waals surface area contributed by atoms with E-state index in [-0.39, 0.29) is 5.91 Å². The normalized spacial score (nSPS) is 16.5. The number of allylic oxidation sites excluding steroid dienone is 1. The molecule has 0 unspecified atom stereocenters. The van der Waals surface area contributed by atoms with Gasteiger partial charge in [-0.25, -0.2) is 0 Å². The van der Waals surface area contributed by atoms with Crippen LogP contribution in [0.1, 0.15) is 103 Å². The number of likely N-dealkylation sites (tertiary alicyclic amines) is 1. The zero-order valence-corrected chi connectivity index (χ0v) is 15.5. The summed E-state index contributed by atoms with van der Waals surface area (Å²) in [5, 5.41) is 0. The van der Waals surface area contributed by atoms with Crippen molar-refractivity contribution in [1.82, 2.24) is 4.90 Å². The quantitative estimate of drug-likeness (QED) is 0.325. The van der Waals surface area contributed by atoms with Crippen LogP contribution in [-0.2, 0) is 4.79 Å². The van der Waals surface area contributed by atoms with Crippen molar-refractivity contribution in [3.05, 3.63) is 12.2 Å². The highest BCUT2D eigenvalue weighted by Crippen LogP contribution is 2.12. The third-order valence-corrected chi connectivity index (χ3v) is 4.90. The van der Waals surface area contributed by atoms with Crippen LogP contribution < -0.4 is 0 Å². The third-order valence-electron chi connectivity index (χ3n) is 4.90. The third kappa shape index (κ3) is 11.4. The lowest BCUT2D eigenvalue weighted by molar-refractivity contribution is -0.126. The first kappa shape index (κ1) is 20.3. The van der Waals surface area contributed by atoms with Crippen LogP contribution in [-0.4, -0.2) is 23.9 Å². The smallest absolute Gasteiger partial charge is 0.246 e. The first-order valence-electron chi connectivity index (χ1n) is 10.3. The number of nitrogens with zero attached hydrogens (tertiary/aromatic N) is 1. The number of carbonyl (C=O) groups is 1. The molecule has 134 valence electrons. The lowest BCUT2D eigenvalue weighted by atomic mass is 10.1. The van der Waals surface area contributed by atoms with Gasteiger partial charge in [0.1, 0.15) is 0 Å². The van der Waals surface area contributed by atoms with Gasteiger partial charge in [-0.3, -0.25) is 4.79 Å².